The number of hydrogen-bond acceptors (Lipinski definition) is 2. The van der Waals surface area contributed by atoms with Crippen LogP contribution in [0.25, 0.3) is 0 Å². The summed E-state index contributed by atoms with van der Waals surface area (Å²) in [7, 11) is 1.52. The lowest BCUT2D eigenvalue weighted by Crippen LogP contribution is -2.41. The Kier molecular flexibility index (Phi) is 3.79. The molecular weight excluding hydrogens is 212 g/mol. The lowest BCUT2D eigenvalue weighted by molar-refractivity contribution is -0.149. The van der Waals surface area contributed by atoms with Gasteiger partial charge in [0.15, 0.2) is 0 Å². The standard InChI is InChI=1S/C15H26O2/c1-9(2)14-10(3)5-11-6-12(14)8-13(7-11)15(16)17-4/h9-14H,5-8H2,1-4H3. The molecule has 17 heavy (non-hydrogen) atoms. The van der Waals surface area contributed by atoms with Crippen molar-refractivity contribution < 1.29 is 9.53 Å². The summed E-state index contributed by atoms with van der Waals surface area (Å²) < 4.78 is 4.94. The van der Waals surface area contributed by atoms with Crippen LogP contribution in [0.15, 0.2) is 0 Å². The van der Waals surface area contributed by atoms with Crippen LogP contribution in [0.4, 0.5) is 0 Å². The normalized spacial score (nSPS) is 41.4. The molecule has 5 atom stereocenters. The first-order chi connectivity index (χ1) is 8.02. The van der Waals surface area contributed by atoms with E-state index >= 15 is 0 Å². The quantitative estimate of drug-likeness (QED) is 0.688. The maximum atomic E-state index is 11.7. The monoisotopic (exact) mass is 238 g/mol. The molecule has 0 saturated heterocycles. The van der Waals surface area contributed by atoms with Crippen LogP contribution in [-0.2, 0) is 9.53 Å². The summed E-state index contributed by atoms with van der Waals surface area (Å²) in [5, 5.41) is 0. The van der Waals surface area contributed by atoms with E-state index in [4.69, 9.17) is 4.74 Å². The van der Waals surface area contributed by atoms with Crippen molar-refractivity contribution >= 4 is 5.97 Å². The fourth-order valence-corrected chi connectivity index (χ4v) is 4.70. The third-order valence-electron chi connectivity index (χ3n) is 5.05. The molecule has 98 valence electrons. The van der Waals surface area contributed by atoms with Crippen LogP contribution in [0.3, 0.4) is 0 Å². The Labute approximate surface area is 105 Å². The maximum absolute atomic E-state index is 11.7. The van der Waals surface area contributed by atoms with Crippen LogP contribution in [0.2, 0.25) is 0 Å². The Bertz CT molecular complexity index is 283. The predicted octanol–water partition coefficient (Wildman–Crippen LogP) is 3.50. The fraction of sp³-hybridized carbons (Fsp3) is 0.933. The predicted molar refractivity (Wildman–Crippen MR) is 68.4 cm³/mol. The molecule has 2 aliphatic rings. The van der Waals surface area contributed by atoms with Gasteiger partial charge in [0.05, 0.1) is 13.0 Å². The highest BCUT2D eigenvalue weighted by molar-refractivity contribution is 5.72. The number of rotatable bonds is 2. The summed E-state index contributed by atoms with van der Waals surface area (Å²) in [4.78, 5) is 11.7. The third kappa shape index (κ3) is 2.51. The van der Waals surface area contributed by atoms with E-state index in [2.05, 4.69) is 20.8 Å². The van der Waals surface area contributed by atoms with Gasteiger partial charge in [0.1, 0.15) is 0 Å². The molecule has 0 N–H and O–H groups in total. The Morgan fingerprint density at radius 2 is 1.88 bits per heavy atom. The average Bonchev–Trinajstić information content (AvgIpc) is 2.26. The first kappa shape index (κ1) is 12.9. The number of methoxy groups -OCH3 is 1. The molecule has 2 rings (SSSR count). The highest BCUT2D eigenvalue weighted by atomic mass is 16.5. The lowest BCUT2D eigenvalue weighted by Gasteiger charge is -2.48. The van der Waals surface area contributed by atoms with E-state index in [0.29, 0.717) is 0 Å². The Morgan fingerprint density at radius 1 is 1.18 bits per heavy atom. The van der Waals surface area contributed by atoms with Gasteiger partial charge in [-0.1, -0.05) is 20.8 Å². The van der Waals surface area contributed by atoms with Gasteiger partial charge in [0, 0.05) is 0 Å². The zero-order chi connectivity index (χ0) is 12.6. The van der Waals surface area contributed by atoms with Crippen molar-refractivity contribution in [1.82, 2.24) is 0 Å². The first-order valence-corrected chi connectivity index (χ1v) is 7.10. The molecule has 0 aromatic carbocycles. The molecule has 2 saturated carbocycles. The number of ether oxygens (including phenoxy) is 1. The van der Waals surface area contributed by atoms with E-state index in [9.17, 15) is 4.79 Å². The van der Waals surface area contributed by atoms with Crippen LogP contribution in [0.5, 0.6) is 0 Å². The summed E-state index contributed by atoms with van der Waals surface area (Å²) in [6.45, 7) is 7.08. The van der Waals surface area contributed by atoms with Crippen molar-refractivity contribution in [2.75, 3.05) is 7.11 Å². The van der Waals surface area contributed by atoms with Crippen LogP contribution < -0.4 is 0 Å². The Morgan fingerprint density at radius 3 is 2.47 bits per heavy atom. The van der Waals surface area contributed by atoms with Gasteiger partial charge in [-0.15, -0.1) is 0 Å². The summed E-state index contributed by atoms with van der Waals surface area (Å²) >= 11 is 0. The van der Waals surface area contributed by atoms with Crippen molar-refractivity contribution in [3.8, 4) is 0 Å². The van der Waals surface area contributed by atoms with Crippen molar-refractivity contribution in [2.24, 2.45) is 35.5 Å². The van der Waals surface area contributed by atoms with Crippen LogP contribution >= 0.6 is 0 Å². The number of hydrogen-bond donors (Lipinski definition) is 0. The summed E-state index contributed by atoms with van der Waals surface area (Å²) in [5.41, 5.74) is 0. The molecular formula is C15H26O2. The van der Waals surface area contributed by atoms with Crippen LogP contribution in [0.1, 0.15) is 46.5 Å². The topological polar surface area (TPSA) is 26.3 Å². The number of fused-ring (bicyclic) bond motifs is 2. The lowest BCUT2D eigenvalue weighted by atomic mass is 9.57. The van der Waals surface area contributed by atoms with E-state index in [0.717, 1.165) is 42.4 Å². The van der Waals surface area contributed by atoms with Gasteiger partial charge in [0.2, 0.25) is 0 Å². The minimum atomic E-state index is 0.0248. The largest absolute Gasteiger partial charge is 0.469 e. The molecule has 2 heteroatoms. The van der Waals surface area contributed by atoms with Gasteiger partial charge in [-0.2, -0.15) is 0 Å². The second-order valence-electron chi connectivity index (χ2n) is 6.59. The number of carbonyl (C=O) groups excluding carboxylic acids is 1. The summed E-state index contributed by atoms with van der Waals surface area (Å²) in [6.07, 6.45) is 4.79. The van der Waals surface area contributed by atoms with E-state index in [1.165, 1.54) is 20.0 Å². The molecule has 5 unspecified atom stereocenters. The second kappa shape index (κ2) is 4.99. The molecule has 0 radical (unpaired) electrons. The van der Waals surface area contributed by atoms with E-state index in [1.807, 2.05) is 0 Å². The van der Waals surface area contributed by atoms with Crippen molar-refractivity contribution in [3.63, 3.8) is 0 Å². The van der Waals surface area contributed by atoms with Gasteiger partial charge in [-0.25, -0.2) is 0 Å². The van der Waals surface area contributed by atoms with Crippen LogP contribution in [-0.4, -0.2) is 13.1 Å². The maximum Gasteiger partial charge on any atom is 0.308 e. The molecule has 0 aliphatic heterocycles. The Balaban J connectivity index is 2.10. The first-order valence-electron chi connectivity index (χ1n) is 7.10. The molecule has 2 bridgehead atoms. The molecule has 0 aromatic heterocycles. The smallest absolute Gasteiger partial charge is 0.308 e. The molecule has 2 aliphatic carbocycles. The minimum absolute atomic E-state index is 0.0248. The summed E-state index contributed by atoms with van der Waals surface area (Å²) in [6, 6.07) is 0. The van der Waals surface area contributed by atoms with Gasteiger partial charge >= 0.3 is 5.97 Å². The van der Waals surface area contributed by atoms with Gasteiger partial charge < -0.3 is 4.74 Å². The molecule has 0 spiro atoms. The average molecular weight is 238 g/mol. The molecule has 0 heterocycles. The minimum Gasteiger partial charge on any atom is -0.469 e. The molecule has 0 aromatic rings. The second-order valence-corrected chi connectivity index (χ2v) is 6.59. The van der Waals surface area contributed by atoms with Crippen molar-refractivity contribution in [3.05, 3.63) is 0 Å². The number of carbonyl (C=O) groups is 1. The van der Waals surface area contributed by atoms with Crippen molar-refractivity contribution in [1.29, 1.82) is 0 Å². The van der Waals surface area contributed by atoms with E-state index in [1.54, 1.807) is 0 Å². The summed E-state index contributed by atoms with van der Waals surface area (Å²) in [5.74, 6) is 4.10. The van der Waals surface area contributed by atoms with E-state index < -0.39 is 0 Å². The number of esters is 1. The Hall–Kier alpha value is -0.530. The van der Waals surface area contributed by atoms with E-state index in [-0.39, 0.29) is 11.9 Å². The SMILES string of the molecule is COC(=O)C1CC2CC(C)C(C(C)C)C(C2)C1. The zero-order valence-electron chi connectivity index (χ0n) is 11.6. The fourth-order valence-electron chi connectivity index (χ4n) is 4.70. The van der Waals surface area contributed by atoms with Gasteiger partial charge in [-0.05, 0) is 55.3 Å². The van der Waals surface area contributed by atoms with Crippen molar-refractivity contribution in [2.45, 2.75) is 46.5 Å². The molecule has 0 amide bonds. The van der Waals surface area contributed by atoms with Gasteiger partial charge in [-0.3, -0.25) is 4.79 Å². The molecule has 2 nitrogen and oxygen atoms in total. The van der Waals surface area contributed by atoms with Crippen LogP contribution in [0, 0.1) is 35.5 Å². The zero-order valence-corrected chi connectivity index (χ0v) is 11.6. The van der Waals surface area contributed by atoms with Gasteiger partial charge in [0.25, 0.3) is 0 Å². The highest BCUT2D eigenvalue weighted by Gasteiger charge is 2.43. The highest BCUT2D eigenvalue weighted by Crippen LogP contribution is 2.50. The molecule has 2 fully saturated rings. The third-order valence-corrected chi connectivity index (χ3v) is 5.05.